The molecule has 0 N–H and O–H groups in total. The summed E-state index contributed by atoms with van der Waals surface area (Å²) in [4.78, 5) is 22.7. The van der Waals surface area contributed by atoms with Gasteiger partial charge in [0.15, 0.2) is 0 Å². The predicted molar refractivity (Wildman–Crippen MR) is 81.0 cm³/mol. The van der Waals surface area contributed by atoms with Crippen molar-refractivity contribution in [2.45, 2.75) is 51.9 Å². The normalized spacial score (nSPS) is 10.1. The molecule has 0 saturated heterocycles. The first kappa shape index (κ1) is 17.2. The summed E-state index contributed by atoms with van der Waals surface area (Å²) in [6.45, 7) is 2.35. The highest BCUT2D eigenvalue weighted by molar-refractivity contribution is 5.81. The Hall–Kier alpha value is -1.84. The zero-order valence-corrected chi connectivity index (χ0v) is 12.7. The Kier molecular flexibility index (Phi) is 8.93. The average Bonchev–Trinajstić information content (AvgIpc) is 2.48. The van der Waals surface area contributed by atoms with Gasteiger partial charge in [0.2, 0.25) is 0 Å². The Morgan fingerprint density at radius 1 is 1.00 bits per heavy atom. The Bertz CT molecular complexity index is 414. The molecule has 1 rings (SSSR count). The molecule has 0 unspecified atom stereocenters. The molecule has 0 fully saturated rings. The van der Waals surface area contributed by atoms with Crippen molar-refractivity contribution in [2.75, 3.05) is 6.61 Å². The molecule has 4 nitrogen and oxygen atoms in total. The van der Waals surface area contributed by atoms with Crippen molar-refractivity contribution in [1.29, 1.82) is 0 Å². The van der Waals surface area contributed by atoms with E-state index in [0.29, 0.717) is 6.42 Å². The molecule has 0 amide bonds. The molecule has 1 aromatic rings. The molecule has 0 atom stereocenters. The molecule has 21 heavy (non-hydrogen) atoms. The van der Waals surface area contributed by atoms with E-state index in [9.17, 15) is 9.59 Å². The summed E-state index contributed by atoms with van der Waals surface area (Å²) in [5.41, 5.74) is 1.08. The minimum atomic E-state index is -0.899. The Morgan fingerprint density at radius 3 is 2.43 bits per heavy atom. The van der Waals surface area contributed by atoms with E-state index in [0.717, 1.165) is 31.2 Å². The first-order valence-corrected chi connectivity index (χ1v) is 7.63. The maximum absolute atomic E-state index is 11.4. The third-order valence-corrected chi connectivity index (χ3v) is 3.14. The lowest BCUT2D eigenvalue weighted by Crippen LogP contribution is -2.15. The van der Waals surface area contributed by atoms with Crippen molar-refractivity contribution in [1.82, 2.24) is 0 Å². The van der Waals surface area contributed by atoms with Gasteiger partial charge in [-0.25, -0.2) is 4.79 Å². The van der Waals surface area contributed by atoms with Gasteiger partial charge < -0.3 is 9.47 Å². The van der Waals surface area contributed by atoms with E-state index < -0.39 is 12.1 Å². The van der Waals surface area contributed by atoms with Crippen molar-refractivity contribution in [3.63, 3.8) is 0 Å². The van der Waals surface area contributed by atoms with Crippen LogP contribution < -0.4 is 0 Å². The van der Waals surface area contributed by atoms with E-state index in [1.54, 1.807) is 0 Å². The van der Waals surface area contributed by atoms with Crippen molar-refractivity contribution in [2.24, 2.45) is 0 Å². The van der Waals surface area contributed by atoms with Crippen molar-refractivity contribution < 1.29 is 19.1 Å². The molecule has 0 heterocycles. The van der Waals surface area contributed by atoms with Gasteiger partial charge >= 0.3 is 12.1 Å². The van der Waals surface area contributed by atoms with Crippen LogP contribution in [-0.4, -0.2) is 18.7 Å². The number of carbonyl (C=O) groups is 2. The van der Waals surface area contributed by atoms with Gasteiger partial charge in [-0.05, 0) is 12.0 Å². The van der Waals surface area contributed by atoms with Crippen LogP contribution in [0.15, 0.2) is 30.3 Å². The van der Waals surface area contributed by atoms with Crippen molar-refractivity contribution in [3.05, 3.63) is 35.9 Å². The van der Waals surface area contributed by atoms with Crippen LogP contribution in [0.3, 0.4) is 0 Å². The summed E-state index contributed by atoms with van der Waals surface area (Å²) >= 11 is 0. The van der Waals surface area contributed by atoms with E-state index in [4.69, 9.17) is 4.74 Å². The fraction of sp³-hybridized carbons (Fsp3) is 0.529. The molecule has 1 aromatic carbocycles. The Labute approximate surface area is 126 Å². The molecule has 0 bridgehead atoms. The smallest absolute Gasteiger partial charge is 0.434 e. The maximum atomic E-state index is 11.4. The van der Waals surface area contributed by atoms with Crippen LogP contribution in [0, 0.1) is 0 Å². The summed E-state index contributed by atoms with van der Waals surface area (Å²) < 4.78 is 9.47. The van der Waals surface area contributed by atoms with Gasteiger partial charge in [-0.2, -0.15) is 0 Å². The zero-order chi connectivity index (χ0) is 15.3. The Balaban J connectivity index is 2.06. The molecule has 0 aromatic heterocycles. The molecule has 0 aliphatic heterocycles. The summed E-state index contributed by atoms with van der Waals surface area (Å²) in [6.07, 6.45) is 5.20. The highest BCUT2D eigenvalue weighted by Gasteiger charge is 2.11. The van der Waals surface area contributed by atoms with Crippen molar-refractivity contribution >= 4 is 12.1 Å². The second-order valence-electron chi connectivity index (χ2n) is 4.97. The van der Waals surface area contributed by atoms with Gasteiger partial charge in [-0.3, -0.25) is 4.79 Å². The predicted octanol–water partition coefficient (Wildman–Crippen LogP) is 4.27. The van der Waals surface area contributed by atoms with Gasteiger partial charge in [-0.15, -0.1) is 0 Å². The van der Waals surface area contributed by atoms with E-state index in [2.05, 4.69) is 11.7 Å². The first-order valence-electron chi connectivity index (χ1n) is 7.63. The Morgan fingerprint density at radius 2 is 1.71 bits per heavy atom. The second kappa shape index (κ2) is 10.9. The lowest BCUT2D eigenvalue weighted by atomic mass is 10.1. The van der Waals surface area contributed by atoms with Gasteiger partial charge in [0.1, 0.15) is 0 Å². The molecule has 116 valence electrons. The summed E-state index contributed by atoms with van der Waals surface area (Å²) in [6, 6.07) is 9.69. The summed E-state index contributed by atoms with van der Waals surface area (Å²) in [5.74, 6) is -0.504. The third-order valence-electron chi connectivity index (χ3n) is 3.14. The molecular formula is C17H24O4. The molecule has 4 heteroatoms. The minimum absolute atomic E-state index is 0.215. The fourth-order valence-electron chi connectivity index (χ4n) is 1.94. The molecule has 0 saturated carbocycles. The summed E-state index contributed by atoms with van der Waals surface area (Å²) in [5, 5.41) is 0. The average molecular weight is 292 g/mol. The number of ether oxygens (including phenoxy) is 2. The standard InChI is InChI=1S/C17H24O4/c1-2-3-4-5-9-12-16(18)21-17(19)20-14-13-15-10-7-6-8-11-15/h6-8,10-11H,2-5,9,12-14H2,1H3. The van der Waals surface area contributed by atoms with E-state index in [1.165, 1.54) is 6.42 Å². The highest BCUT2D eigenvalue weighted by Crippen LogP contribution is 2.06. The number of carbonyl (C=O) groups excluding carboxylic acids is 2. The monoisotopic (exact) mass is 292 g/mol. The van der Waals surface area contributed by atoms with Crippen LogP contribution >= 0.6 is 0 Å². The molecule has 0 spiro atoms. The highest BCUT2D eigenvalue weighted by atomic mass is 16.7. The van der Waals surface area contributed by atoms with E-state index in [1.807, 2.05) is 30.3 Å². The zero-order valence-electron chi connectivity index (χ0n) is 12.7. The van der Waals surface area contributed by atoms with Gasteiger partial charge in [0.05, 0.1) is 6.61 Å². The van der Waals surface area contributed by atoms with Crippen LogP contribution in [-0.2, 0) is 20.7 Å². The number of hydrogen-bond donors (Lipinski definition) is 0. The van der Waals surface area contributed by atoms with E-state index >= 15 is 0 Å². The summed E-state index contributed by atoms with van der Waals surface area (Å²) in [7, 11) is 0. The lowest BCUT2D eigenvalue weighted by Gasteiger charge is -2.05. The minimum Gasteiger partial charge on any atom is -0.434 e. The number of esters is 1. The van der Waals surface area contributed by atoms with Crippen LogP contribution in [0.5, 0.6) is 0 Å². The largest absolute Gasteiger partial charge is 0.516 e. The van der Waals surface area contributed by atoms with Crippen LogP contribution in [0.2, 0.25) is 0 Å². The van der Waals surface area contributed by atoms with Gasteiger partial charge in [0, 0.05) is 12.8 Å². The molecule has 0 aliphatic carbocycles. The third kappa shape index (κ3) is 8.84. The van der Waals surface area contributed by atoms with Crippen molar-refractivity contribution in [3.8, 4) is 0 Å². The SMILES string of the molecule is CCCCCCCC(=O)OC(=O)OCCc1ccccc1. The van der Waals surface area contributed by atoms with E-state index in [-0.39, 0.29) is 13.0 Å². The van der Waals surface area contributed by atoms with Gasteiger partial charge in [0.25, 0.3) is 0 Å². The topological polar surface area (TPSA) is 52.6 Å². The number of rotatable bonds is 9. The van der Waals surface area contributed by atoms with Gasteiger partial charge in [-0.1, -0.05) is 62.9 Å². The number of hydrogen-bond acceptors (Lipinski definition) is 4. The lowest BCUT2D eigenvalue weighted by molar-refractivity contribution is -0.139. The quantitative estimate of drug-likeness (QED) is 0.387. The molecule has 0 radical (unpaired) electrons. The maximum Gasteiger partial charge on any atom is 0.516 e. The fourth-order valence-corrected chi connectivity index (χ4v) is 1.94. The van der Waals surface area contributed by atoms with Crippen LogP contribution in [0.4, 0.5) is 4.79 Å². The second-order valence-corrected chi connectivity index (χ2v) is 4.97. The number of unbranched alkanes of at least 4 members (excludes halogenated alkanes) is 4. The first-order chi connectivity index (χ1) is 10.2. The molecular weight excluding hydrogens is 268 g/mol. The molecule has 0 aliphatic rings. The van der Waals surface area contributed by atoms with Crippen LogP contribution in [0.1, 0.15) is 51.0 Å². The van der Waals surface area contributed by atoms with Crippen LogP contribution in [0.25, 0.3) is 0 Å². The number of benzene rings is 1.